The third kappa shape index (κ3) is 2.95. The predicted octanol–water partition coefficient (Wildman–Crippen LogP) is 1.01. The molecule has 20 heavy (non-hydrogen) atoms. The molecule has 0 aromatic carbocycles. The van der Waals surface area contributed by atoms with Crippen LogP contribution in [-0.4, -0.2) is 46.3 Å². The summed E-state index contributed by atoms with van der Waals surface area (Å²) in [6, 6.07) is 1.02. The SMILES string of the molecule is CCn1nc(C)c(N)c1C(=O)NCC(C)N(C)C1CC1. The largest absolute Gasteiger partial charge is 0.395 e. The molecule has 1 aromatic rings. The maximum atomic E-state index is 12.3. The molecule has 0 aliphatic heterocycles. The maximum absolute atomic E-state index is 12.3. The van der Waals surface area contributed by atoms with Crippen LogP contribution < -0.4 is 11.1 Å². The van der Waals surface area contributed by atoms with E-state index in [9.17, 15) is 4.79 Å². The normalized spacial score (nSPS) is 16.4. The highest BCUT2D eigenvalue weighted by Crippen LogP contribution is 2.26. The Morgan fingerprint density at radius 1 is 1.60 bits per heavy atom. The summed E-state index contributed by atoms with van der Waals surface area (Å²) in [5.41, 5.74) is 7.62. The van der Waals surface area contributed by atoms with Crippen LogP contribution in [0.25, 0.3) is 0 Å². The van der Waals surface area contributed by atoms with Crippen molar-refractivity contribution in [3.05, 3.63) is 11.4 Å². The highest BCUT2D eigenvalue weighted by Gasteiger charge is 2.29. The van der Waals surface area contributed by atoms with Gasteiger partial charge in [0.2, 0.25) is 0 Å². The number of rotatable bonds is 6. The second-order valence-electron chi connectivity index (χ2n) is 5.62. The Kier molecular flexibility index (Phi) is 4.32. The predicted molar refractivity (Wildman–Crippen MR) is 79.6 cm³/mol. The lowest BCUT2D eigenvalue weighted by Gasteiger charge is -2.24. The van der Waals surface area contributed by atoms with Gasteiger partial charge in [0.15, 0.2) is 0 Å². The van der Waals surface area contributed by atoms with Gasteiger partial charge in [-0.25, -0.2) is 0 Å². The standard InChI is InChI=1S/C14H25N5O/c1-5-19-13(12(15)10(3)17-19)14(20)16-8-9(2)18(4)11-6-7-11/h9,11H,5-8,15H2,1-4H3,(H,16,20). The quantitative estimate of drug-likeness (QED) is 0.814. The van der Waals surface area contributed by atoms with Gasteiger partial charge in [0, 0.05) is 25.2 Å². The first-order valence-electron chi connectivity index (χ1n) is 7.28. The third-order valence-corrected chi connectivity index (χ3v) is 4.06. The van der Waals surface area contributed by atoms with Crippen LogP contribution in [0.15, 0.2) is 0 Å². The minimum atomic E-state index is -0.138. The van der Waals surface area contributed by atoms with Crippen LogP contribution in [0.1, 0.15) is 42.9 Å². The molecular weight excluding hydrogens is 254 g/mol. The summed E-state index contributed by atoms with van der Waals surface area (Å²) >= 11 is 0. The van der Waals surface area contributed by atoms with E-state index in [-0.39, 0.29) is 5.91 Å². The van der Waals surface area contributed by atoms with Gasteiger partial charge < -0.3 is 11.1 Å². The molecular formula is C14H25N5O. The van der Waals surface area contributed by atoms with Crippen LogP contribution in [0.2, 0.25) is 0 Å². The zero-order valence-electron chi connectivity index (χ0n) is 12.8. The van der Waals surface area contributed by atoms with Crippen LogP contribution in [0.4, 0.5) is 5.69 Å². The van der Waals surface area contributed by atoms with E-state index in [0.29, 0.717) is 42.2 Å². The number of carbonyl (C=O) groups excluding carboxylic acids is 1. The molecule has 1 heterocycles. The molecule has 1 atom stereocenters. The molecule has 1 amide bonds. The fourth-order valence-electron chi connectivity index (χ4n) is 2.37. The molecule has 0 saturated heterocycles. The van der Waals surface area contributed by atoms with Crippen molar-refractivity contribution in [2.45, 2.75) is 52.2 Å². The number of likely N-dealkylation sites (N-methyl/N-ethyl adjacent to an activating group) is 1. The fourth-order valence-corrected chi connectivity index (χ4v) is 2.37. The molecule has 6 heteroatoms. The first-order chi connectivity index (χ1) is 9.45. The fraction of sp³-hybridized carbons (Fsp3) is 0.714. The molecule has 0 radical (unpaired) electrons. The molecule has 112 valence electrons. The Bertz CT molecular complexity index is 492. The number of hydrogen-bond donors (Lipinski definition) is 2. The molecule has 1 aliphatic carbocycles. The first kappa shape index (κ1) is 14.8. The van der Waals surface area contributed by atoms with E-state index in [0.717, 1.165) is 0 Å². The summed E-state index contributed by atoms with van der Waals surface area (Å²) in [6.45, 7) is 7.16. The minimum absolute atomic E-state index is 0.138. The van der Waals surface area contributed by atoms with Crippen LogP contribution in [0.5, 0.6) is 0 Å². The number of aryl methyl sites for hydroxylation is 2. The Labute approximate surface area is 120 Å². The Hall–Kier alpha value is -1.56. The zero-order chi connectivity index (χ0) is 14.9. The summed E-state index contributed by atoms with van der Waals surface area (Å²) in [5, 5.41) is 7.24. The minimum Gasteiger partial charge on any atom is -0.395 e. The van der Waals surface area contributed by atoms with Gasteiger partial charge in [0.25, 0.3) is 5.91 Å². The van der Waals surface area contributed by atoms with E-state index in [1.165, 1.54) is 12.8 Å². The smallest absolute Gasteiger partial charge is 0.271 e. The second-order valence-corrected chi connectivity index (χ2v) is 5.62. The lowest BCUT2D eigenvalue weighted by Crippen LogP contribution is -2.41. The molecule has 6 nitrogen and oxygen atoms in total. The van der Waals surface area contributed by atoms with Gasteiger partial charge in [0.05, 0.1) is 11.4 Å². The number of nitrogens with zero attached hydrogens (tertiary/aromatic N) is 3. The highest BCUT2D eigenvalue weighted by atomic mass is 16.2. The number of nitrogens with one attached hydrogen (secondary N) is 1. The molecule has 0 spiro atoms. The number of nitrogens with two attached hydrogens (primary N) is 1. The number of anilines is 1. The van der Waals surface area contributed by atoms with Gasteiger partial charge in [-0.05, 0) is 40.7 Å². The van der Waals surface area contributed by atoms with Crippen LogP contribution >= 0.6 is 0 Å². The average molecular weight is 279 g/mol. The molecule has 1 fully saturated rings. The van der Waals surface area contributed by atoms with Gasteiger partial charge in [-0.3, -0.25) is 14.4 Å². The molecule has 1 aliphatic rings. The van der Waals surface area contributed by atoms with E-state index < -0.39 is 0 Å². The van der Waals surface area contributed by atoms with Crippen LogP contribution in [0, 0.1) is 6.92 Å². The summed E-state index contributed by atoms with van der Waals surface area (Å²) in [7, 11) is 2.11. The summed E-state index contributed by atoms with van der Waals surface area (Å²) in [5.74, 6) is -0.138. The average Bonchev–Trinajstić information content (AvgIpc) is 3.23. The van der Waals surface area contributed by atoms with Crippen molar-refractivity contribution in [2.24, 2.45) is 0 Å². The van der Waals surface area contributed by atoms with Gasteiger partial charge in [0.1, 0.15) is 5.69 Å². The van der Waals surface area contributed by atoms with Gasteiger partial charge >= 0.3 is 0 Å². The Morgan fingerprint density at radius 3 is 2.80 bits per heavy atom. The van der Waals surface area contributed by atoms with Crippen molar-refractivity contribution in [1.82, 2.24) is 20.0 Å². The molecule has 3 N–H and O–H groups in total. The molecule has 0 bridgehead atoms. The van der Waals surface area contributed by atoms with Crippen molar-refractivity contribution in [1.29, 1.82) is 0 Å². The number of carbonyl (C=O) groups is 1. The molecule has 1 saturated carbocycles. The highest BCUT2D eigenvalue weighted by molar-refractivity contribution is 5.97. The van der Waals surface area contributed by atoms with E-state index >= 15 is 0 Å². The number of hydrogen-bond acceptors (Lipinski definition) is 4. The molecule has 1 aromatic heterocycles. The monoisotopic (exact) mass is 279 g/mol. The van der Waals surface area contributed by atoms with Gasteiger partial charge in [-0.1, -0.05) is 0 Å². The van der Waals surface area contributed by atoms with Crippen molar-refractivity contribution < 1.29 is 4.79 Å². The first-order valence-corrected chi connectivity index (χ1v) is 7.28. The lowest BCUT2D eigenvalue weighted by molar-refractivity contribution is 0.0930. The molecule has 2 rings (SSSR count). The van der Waals surface area contributed by atoms with Crippen molar-refractivity contribution >= 4 is 11.6 Å². The lowest BCUT2D eigenvalue weighted by atomic mass is 10.2. The summed E-state index contributed by atoms with van der Waals surface area (Å²) < 4.78 is 1.66. The van der Waals surface area contributed by atoms with Crippen molar-refractivity contribution in [2.75, 3.05) is 19.3 Å². The van der Waals surface area contributed by atoms with Gasteiger partial charge in [-0.15, -0.1) is 0 Å². The Balaban J connectivity index is 1.97. The van der Waals surface area contributed by atoms with E-state index in [2.05, 4.69) is 29.3 Å². The van der Waals surface area contributed by atoms with E-state index in [4.69, 9.17) is 5.73 Å². The summed E-state index contributed by atoms with van der Waals surface area (Å²) in [4.78, 5) is 14.6. The number of aromatic nitrogens is 2. The van der Waals surface area contributed by atoms with Crippen LogP contribution in [-0.2, 0) is 6.54 Å². The van der Waals surface area contributed by atoms with Crippen molar-refractivity contribution in [3.63, 3.8) is 0 Å². The molecule has 1 unspecified atom stereocenters. The third-order valence-electron chi connectivity index (χ3n) is 4.06. The Morgan fingerprint density at radius 2 is 2.25 bits per heavy atom. The topological polar surface area (TPSA) is 76.2 Å². The van der Waals surface area contributed by atoms with E-state index in [1.807, 2.05) is 13.8 Å². The summed E-state index contributed by atoms with van der Waals surface area (Å²) in [6.07, 6.45) is 2.53. The van der Waals surface area contributed by atoms with Gasteiger partial charge in [-0.2, -0.15) is 5.10 Å². The number of amides is 1. The maximum Gasteiger partial charge on any atom is 0.271 e. The number of nitrogen functional groups attached to an aromatic ring is 1. The van der Waals surface area contributed by atoms with Crippen molar-refractivity contribution in [3.8, 4) is 0 Å². The second kappa shape index (κ2) is 5.83. The zero-order valence-corrected chi connectivity index (χ0v) is 12.8. The van der Waals surface area contributed by atoms with E-state index in [1.54, 1.807) is 4.68 Å². The van der Waals surface area contributed by atoms with Crippen LogP contribution in [0.3, 0.4) is 0 Å².